The predicted octanol–water partition coefficient (Wildman–Crippen LogP) is 2.40. The number of carboxylic acids is 1. The molecule has 1 N–H and O–H groups in total. The molecule has 88 valence electrons. The summed E-state index contributed by atoms with van der Waals surface area (Å²) < 4.78 is 0.732. The third-order valence-electron chi connectivity index (χ3n) is 1.94. The smallest absolute Gasteiger partial charge is 0.338 e. The van der Waals surface area contributed by atoms with Crippen molar-refractivity contribution in [2.75, 3.05) is 0 Å². The molecule has 0 saturated heterocycles. The molecule has 2 rings (SSSR count). The summed E-state index contributed by atoms with van der Waals surface area (Å²) >= 11 is 2.74. The fourth-order valence-corrected chi connectivity index (χ4v) is 3.16. The van der Waals surface area contributed by atoms with E-state index in [0.29, 0.717) is 4.90 Å². The number of pyridine rings is 1. The zero-order chi connectivity index (χ0) is 12.4. The Balaban J connectivity index is 2.37. The van der Waals surface area contributed by atoms with Gasteiger partial charge >= 0.3 is 5.97 Å². The monoisotopic (exact) mass is 267 g/mol. The van der Waals surface area contributed by atoms with E-state index >= 15 is 0 Å². The second-order valence-corrected chi connectivity index (χ2v) is 5.79. The summed E-state index contributed by atoms with van der Waals surface area (Å²) in [6, 6.07) is 1.74. The average Bonchev–Trinajstić information content (AvgIpc) is 2.63. The van der Waals surface area contributed by atoms with E-state index in [1.54, 1.807) is 6.07 Å². The fourth-order valence-electron chi connectivity index (χ4n) is 1.19. The molecular formula is C10H9N3O2S2. The maximum Gasteiger partial charge on any atom is 0.338 e. The number of hydrogen-bond donors (Lipinski definition) is 1. The molecule has 0 unspecified atom stereocenters. The molecule has 0 spiro atoms. The number of hydrogen-bond acceptors (Lipinski definition) is 6. The molecule has 0 saturated carbocycles. The number of aromatic nitrogens is 3. The number of aromatic carboxylic acids is 1. The minimum atomic E-state index is -0.985. The topological polar surface area (TPSA) is 76.0 Å². The van der Waals surface area contributed by atoms with Crippen molar-refractivity contribution in [1.82, 2.24) is 15.2 Å². The van der Waals surface area contributed by atoms with Crippen LogP contribution in [0.15, 0.2) is 21.5 Å². The van der Waals surface area contributed by atoms with Crippen LogP contribution in [0.5, 0.6) is 0 Å². The molecule has 0 bridgehead atoms. The molecule has 0 aliphatic heterocycles. The van der Waals surface area contributed by atoms with Gasteiger partial charge in [-0.3, -0.25) is 4.98 Å². The van der Waals surface area contributed by atoms with Crippen LogP contribution < -0.4 is 0 Å². The fraction of sp³-hybridized carbons (Fsp3) is 0.200. The maximum absolute atomic E-state index is 11.0. The van der Waals surface area contributed by atoms with Gasteiger partial charge in [-0.15, -0.1) is 10.2 Å². The van der Waals surface area contributed by atoms with Crippen molar-refractivity contribution in [3.05, 3.63) is 28.5 Å². The van der Waals surface area contributed by atoms with Crippen molar-refractivity contribution in [3.8, 4) is 0 Å². The highest BCUT2D eigenvalue weighted by Gasteiger charge is 2.14. The Morgan fingerprint density at radius 2 is 2.18 bits per heavy atom. The molecule has 0 amide bonds. The van der Waals surface area contributed by atoms with Crippen molar-refractivity contribution in [2.45, 2.75) is 23.1 Å². The highest BCUT2D eigenvalue weighted by molar-refractivity contribution is 8.01. The number of nitrogens with zero attached hydrogens (tertiary/aromatic N) is 3. The van der Waals surface area contributed by atoms with Crippen molar-refractivity contribution in [2.24, 2.45) is 0 Å². The molecule has 0 aliphatic carbocycles. The summed E-state index contributed by atoms with van der Waals surface area (Å²) in [4.78, 5) is 15.7. The highest BCUT2D eigenvalue weighted by Crippen LogP contribution is 2.32. The van der Waals surface area contributed by atoms with Crippen LogP contribution in [0.4, 0.5) is 0 Å². The highest BCUT2D eigenvalue weighted by atomic mass is 32.2. The van der Waals surface area contributed by atoms with Gasteiger partial charge in [-0.1, -0.05) is 23.1 Å². The molecule has 0 radical (unpaired) electrons. The third-order valence-corrected chi connectivity index (χ3v) is 3.89. The van der Waals surface area contributed by atoms with Crippen LogP contribution in [0.3, 0.4) is 0 Å². The first-order chi connectivity index (χ1) is 8.06. The van der Waals surface area contributed by atoms with Gasteiger partial charge in [0, 0.05) is 16.8 Å². The molecule has 2 heterocycles. The molecule has 0 fully saturated rings. The summed E-state index contributed by atoms with van der Waals surface area (Å²) in [5, 5.41) is 17.8. The Bertz CT molecular complexity index is 568. The molecule has 0 aliphatic rings. The van der Waals surface area contributed by atoms with Crippen molar-refractivity contribution < 1.29 is 9.90 Å². The second kappa shape index (κ2) is 4.80. The van der Waals surface area contributed by atoms with Crippen LogP contribution in [-0.4, -0.2) is 26.3 Å². The van der Waals surface area contributed by atoms with Gasteiger partial charge in [-0.25, -0.2) is 4.79 Å². The van der Waals surface area contributed by atoms with Crippen LogP contribution in [0, 0.1) is 13.8 Å². The van der Waals surface area contributed by atoms with E-state index in [4.69, 9.17) is 5.11 Å². The SMILES string of the molecule is Cc1cc(Sc2nnc(C)s2)c(C(=O)O)cn1. The number of carbonyl (C=O) groups is 1. The lowest BCUT2D eigenvalue weighted by atomic mass is 10.2. The average molecular weight is 267 g/mol. The third kappa shape index (κ3) is 2.80. The molecular weight excluding hydrogens is 258 g/mol. The van der Waals surface area contributed by atoms with Gasteiger partial charge in [0.25, 0.3) is 0 Å². The zero-order valence-electron chi connectivity index (χ0n) is 9.17. The predicted molar refractivity (Wildman–Crippen MR) is 64.7 cm³/mol. The van der Waals surface area contributed by atoms with Gasteiger partial charge in [0.2, 0.25) is 0 Å². The van der Waals surface area contributed by atoms with Crippen LogP contribution in [0.1, 0.15) is 21.1 Å². The Hall–Kier alpha value is -1.47. The Morgan fingerprint density at radius 3 is 2.76 bits per heavy atom. The first kappa shape index (κ1) is 12.0. The van der Waals surface area contributed by atoms with E-state index in [-0.39, 0.29) is 5.56 Å². The molecule has 5 nitrogen and oxygen atoms in total. The van der Waals surface area contributed by atoms with Gasteiger partial charge in [-0.05, 0) is 19.9 Å². The summed E-state index contributed by atoms with van der Waals surface area (Å²) in [5.41, 5.74) is 0.965. The van der Waals surface area contributed by atoms with E-state index in [9.17, 15) is 4.79 Å². The molecule has 2 aromatic rings. The largest absolute Gasteiger partial charge is 0.478 e. The zero-order valence-corrected chi connectivity index (χ0v) is 10.8. The molecule has 2 aromatic heterocycles. The van der Waals surface area contributed by atoms with Gasteiger partial charge in [0.05, 0.1) is 5.56 Å². The Labute approximate surface area is 106 Å². The Kier molecular flexibility index (Phi) is 3.39. The van der Waals surface area contributed by atoms with E-state index in [1.807, 2.05) is 13.8 Å². The van der Waals surface area contributed by atoms with Crippen molar-refractivity contribution in [3.63, 3.8) is 0 Å². The van der Waals surface area contributed by atoms with Crippen LogP contribution in [-0.2, 0) is 0 Å². The number of carboxylic acid groups (broad SMARTS) is 1. The van der Waals surface area contributed by atoms with Crippen molar-refractivity contribution >= 4 is 29.1 Å². The standard InChI is InChI=1S/C10H9N3O2S2/c1-5-3-8(7(4-11-5)9(14)15)17-10-13-12-6(2)16-10/h3-4H,1-2H3,(H,14,15). The lowest BCUT2D eigenvalue weighted by Crippen LogP contribution is -2.00. The first-order valence-corrected chi connectivity index (χ1v) is 6.37. The van der Waals surface area contributed by atoms with Crippen LogP contribution in [0.2, 0.25) is 0 Å². The lowest BCUT2D eigenvalue weighted by molar-refractivity contribution is 0.0692. The summed E-state index contributed by atoms with van der Waals surface area (Å²) in [6.45, 7) is 3.68. The van der Waals surface area contributed by atoms with E-state index in [0.717, 1.165) is 15.0 Å². The summed E-state index contributed by atoms with van der Waals surface area (Å²) in [5.74, 6) is -0.985. The Morgan fingerprint density at radius 1 is 1.41 bits per heavy atom. The van der Waals surface area contributed by atoms with Gasteiger partial charge in [0.1, 0.15) is 5.01 Å². The maximum atomic E-state index is 11.0. The van der Waals surface area contributed by atoms with Crippen LogP contribution in [0.25, 0.3) is 0 Å². The molecule has 0 aromatic carbocycles. The number of rotatable bonds is 3. The van der Waals surface area contributed by atoms with Crippen molar-refractivity contribution in [1.29, 1.82) is 0 Å². The lowest BCUT2D eigenvalue weighted by Gasteiger charge is -2.03. The minimum absolute atomic E-state index is 0.188. The van der Waals surface area contributed by atoms with Gasteiger partial charge < -0.3 is 5.11 Å². The van der Waals surface area contributed by atoms with E-state index < -0.39 is 5.97 Å². The normalized spacial score (nSPS) is 10.5. The number of aryl methyl sites for hydroxylation is 2. The molecule has 7 heteroatoms. The van der Waals surface area contributed by atoms with E-state index in [1.165, 1.54) is 29.3 Å². The summed E-state index contributed by atoms with van der Waals surface area (Å²) in [6.07, 6.45) is 1.37. The second-order valence-electron chi connectivity index (χ2n) is 3.32. The quantitative estimate of drug-likeness (QED) is 0.920. The minimum Gasteiger partial charge on any atom is -0.478 e. The molecule has 17 heavy (non-hydrogen) atoms. The molecule has 0 atom stereocenters. The van der Waals surface area contributed by atoms with E-state index in [2.05, 4.69) is 15.2 Å². The summed E-state index contributed by atoms with van der Waals surface area (Å²) in [7, 11) is 0. The first-order valence-electron chi connectivity index (χ1n) is 4.74. The van der Waals surface area contributed by atoms with Crippen LogP contribution >= 0.6 is 23.1 Å². The van der Waals surface area contributed by atoms with Gasteiger partial charge in [-0.2, -0.15) is 0 Å². The van der Waals surface area contributed by atoms with Gasteiger partial charge in [0.15, 0.2) is 4.34 Å².